The van der Waals surface area contributed by atoms with Crippen molar-refractivity contribution >= 4 is 10.8 Å². The largest absolute Gasteiger partial charge is 0.203 e. The van der Waals surface area contributed by atoms with E-state index in [1.807, 2.05) is 0 Å². The predicted molar refractivity (Wildman–Crippen MR) is 83.0 cm³/mol. The van der Waals surface area contributed by atoms with E-state index < -0.39 is 97.4 Å². The van der Waals surface area contributed by atoms with Gasteiger partial charge in [-0.2, -0.15) is 0 Å². The first-order chi connectivity index (χ1) is 13.8. The summed E-state index contributed by atoms with van der Waals surface area (Å²) >= 11 is 0. The summed E-state index contributed by atoms with van der Waals surface area (Å²) in [6, 6.07) is 0. The molecule has 30 heavy (non-hydrogen) atoms. The molecule has 0 fully saturated rings. The van der Waals surface area contributed by atoms with Gasteiger partial charge in [0.1, 0.15) is 0 Å². The zero-order chi connectivity index (χ0) is 22.8. The van der Waals surface area contributed by atoms with Gasteiger partial charge in [0.15, 0.2) is 64.0 Å². The third kappa shape index (κ3) is 2.74. The van der Waals surface area contributed by atoms with Crippen LogP contribution in [0.1, 0.15) is 25.3 Å². The molecule has 0 heterocycles. The second-order valence-corrected chi connectivity index (χ2v) is 6.52. The number of fused-ring (bicyclic) bond motifs is 1. The third-order valence-corrected chi connectivity index (χ3v) is 4.47. The van der Waals surface area contributed by atoms with Gasteiger partial charge in [-0.05, 0) is 5.92 Å². The van der Waals surface area contributed by atoms with Crippen LogP contribution in [0.15, 0.2) is 0 Å². The minimum atomic E-state index is -2.67. The lowest BCUT2D eigenvalue weighted by Gasteiger charge is -2.17. The van der Waals surface area contributed by atoms with Crippen molar-refractivity contribution in [2.45, 2.75) is 19.8 Å². The van der Waals surface area contributed by atoms with Crippen molar-refractivity contribution < 1.29 is 48.3 Å². The number of benzene rings is 3. The second kappa shape index (κ2) is 7.13. The van der Waals surface area contributed by atoms with Crippen LogP contribution in [0, 0.1) is 64.0 Å². The molecule has 160 valence electrons. The maximum atomic E-state index is 14.6. The highest BCUT2D eigenvalue weighted by molar-refractivity contribution is 5.98. The summed E-state index contributed by atoms with van der Waals surface area (Å²) in [5, 5.41) is -4.04. The van der Waals surface area contributed by atoms with Crippen LogP contribution in [0.25, 0.3) is 21.9 Å². The first kappa shape index (κ1) is 21.8. The molecular formula is C19H7F11. The van der Waals surface area contributed by atoms with Crippen LogP contribution in [-0.2, 0) is 0 Å². The molecule has 0 atom stereocenters. The van der Waals surface area contributed by atoms with Crippen LogP contribution >= 0.6 is 0 Å². The first-order valence-corrected chi connectivity index (χ1v) is 8.02. The monoisotopic (exact) mass is 444 g/mol. The Labute approximate surface area is 160 Å². The maximum Gasteiger partial charge on any atom is 0.198 e. The highest BCUT2D eigenvalue weighted by Crippen LogP contribution is 2.43. The number of halogens is 11. The molecule has 0 spiro atoms. The summed E-state index contributed by atoms with van der Waals surface area (Å²) < 4.78 is 155. The van der Waals surface area contributed by atoms with Crippen molar-refractivity contribution in [1.29, 1.82) is 0 Å². The molecule has 0 aromatic heterocycles. The van der Waals surface area contributed by atoms with Crippen LogP contribution < -0.4 is 0 Å². The molecule has 0 saturated carbocycles. The number of hydrogen-bond acceptors (Lipinski definition) is 0. The highest BCUT2D eigenvalue weighted by atomic mass is 19.2. The van der Waals surface area contributed by atoms with Gasteiger partial charge in [0.25, 0.3) is 0 Å². The van der Waals surface area contributed by atoms with Crippen LogP contribution in [0.3, 0.4) is 0 Å². The standard InChI is InChI=1S/C19H7F11/c1-3(2)4-9(20)13(24)7(14(25)10(4)21)5-6-8(15(26)17(28)11(5)22)16(27)19(30)18(29)12(6)23/h3H,1-2H3. The molecule has 3 aromatic carbocycles. The Morgan fingerprint density at radius 2 is 0.700 bits per heavy atom. The molecule has 11 heteroatoms. The zero-order valence-electron chi connectivity index (χ0n) is 14.7. The quantitative estimate of drug-likeness (QED) is 0.224. The van der Waals surface area contributed by atoms with E-state index in [0.29, 0.717) is 0 Å². The molecule has 0 saturated heterocycles. The summed E-state index contributed by atoms with van der Waals surface area (Å²) in [5.74, 6) is -28.3. The summed E-state index contributed by atoms with van der Waals surface area (Å²) in [5.41, 5.74) is -5.31. The average molecular weight is 444 g/mol. The Bertz CT molecular complexity index is 1190. The van der Waals surface area contributed by atoms with Crippen LogP contribution in [-0.4, -0.2) is 0 Å². The molecule has 3 aromatic rings. The third-order valence-electron chi connectivity index (χ3n) is 4.47. The van der Waals surface area contributed by atoms with E-state index in [4.69, 9.17) is 0 Å². The zero-order valence-corrected chi connectivity index (χ0v) is 14.7. The summed E-state index contributed by atoms with van der Waals surface area (Å²) in [7, 11) is 0. The smallest absolute Gasteiger partial charge is 0.198 e. The van der Waals surface area contributed by atoms with E-state index in [-0.39, 0.29) is 0 Å². The lowest BCUT2D eigenvalue weighted by atomic mass is 9.91. The van der Waals surface area contributed by atoms with Gasteiger partial charge in [-0.15, -0.1) is 0 Å². The molecule has 0 aliphatic heterocycles. The van der Waals surface area contributed by atoms with Crippen LogP contribution in [0.5, 0.6) is 0 Å². The van der Waals surface area contributed by atoms with Gasteiger partial charge in [-0.25, -0.2) is 48.3 Å². The molecular weight excluding hydrogens is 437 g/mol. The molecule has 0 aliphatic rings. The fourth-order valence-corrected chi connectivity index (χ4v) is 3.11. The fraction of sp³-hybridized carbons (Fsp3) is 0.158. The summed E-state index contributed by atoms with van der Waals surface area (Å²) in [6.07, 6.45) is 0. The molecule has 0 amide bonds. The Balaban J connectivity index is 2.69. The van der Waals surface area contributed by atoms with E-state index in [1.54, 1.807) is 0 Å². The van der Waals surface area contributed by atoms with Crippen molar-refractivity contribution in [2.24, 2.45) is 0 Å². The lowest BCUT2D eigenvalue weighted by Crippen LogP contribution is -2.11. The summed E-state index contributed by atoms with van der Waals surface area (Å²) in [6.45, 7) is 2.25. The molecule has 0 nitrogen and oxygen atoms in total. The SMILES string of the molecule is CC(C)c1c(F)c(F)c(-c2c(F)c(F)c(F)c3c(F)c(F)c(F)c(F)c23)c(F)c1F. The van der Waals surface area contributed by atoms with E-state index >= 15 is 0 Å². The maximum absolute atomic E-state index is 14.6. The van der Waals surface area contributed by atoms with Gasteiger partial charge in [0, 0.05) is 16.5 Å². The minimum absolute atomic E-state index is 1.13. The Kier molecular flexibility index (Phi) is 5.20. The van der Waals surface area contributed by atoms with E-state index in [9.17, 15) is 48.3 Å². The van der Waals surface area contributed by atoms with E-state index in [1.165, 1.54) is 0 Å². The van der Waals surface area contributed by atoms with Gasteiger partial charge in [-0.1, -0.05) is 13.8 Å². The highest BCUT2D eigenvalue weighted by Gasteiger charge is 2.36. The lowest BCUT2D eigenvalue weighted by molar-refractivity contribution is 0.410. The molecule has 0 unspecified atom stereocenters. The van der Waals surface area contributed by atoms with Crippen LogP contribution in [0.2, 0.25) is 0 Å². The second-order valence-electron chi connectivity index (χ2n) is 6.52. The first-order valence-electron chi connectivity index (χ1n) is 8.02. The van der Waals surface area contributed by atoms with Crippen molar-refractivity contribution in [3.05, 3.63) is 69.6 Å². The van der Waals surface area contributed by atoms with Crippen molar-refractivity contribution in [2.75, 3.05) is 0 Å². The van der Waals surface area contributed by atoms with E-state index in [2.05, 4.69) is 0 Å². The minimum Gasteiger partial charge on any atom is -0.203 e. The van der Waals surface area contributed by atoms with Crippen molar-refractivity contribution in [3.8, 4) is 11.1 Å². The van der Waals surface area contributed by atoms with Crippen molar-refractivity contribution in [3.63, 3.8) is 0 Å². The Morgan fingerprint density at radius 1 is 0.367 bits per heavy atom. The van der Waals surface area contributed by atoms with Gasteiger partial charge >= 0.3 is 0 Å². The molecule has 0 bridgehead atoms. The van der Waals surface area contributed by atoms with Gasteiger partial charge in [0.2, 0.25) is 0 Å². The number of hydrogen-bond donors (Lipinski definition) is 0. The number of rotatable bonds is 2. The molecule has 0 radical (unpaired) electrons. The predicted octanol–water partition coefficient (Wildman–Crippen LogP) is 7.16. The topological polar surface area (TPSA) is 0 Å². The molecule has 3 rings (SSSR count). The van der Waals surface area contributed by atoms with Gasteiger partial charge < -0.3 is 0 Å². The summed E-state index contributed by atoms with van der Waals surface area (Å²) in [4.78, 5) is 0. The van der Waals surface area contributed by atoms with Crippen LogP contribution in [0.4, 0.5) is 48.3 Å². The molecule has 0 N–H and O–H groups in total. The van der Waals surface area contributed by atoms with E-state index in [0.717, 1.165) is 13.8 Å². The Hall–Kier alpha value is -2.85. The van der Waals surface area contributed by atoms with Crippen molar-refractivity contribution in [1.82, 2.24) is 0 Å². The normalized spacial score (nSPS) is 11.8. The Morgan fingerprint density at radius 3 is 1.10 bits per heavy atom. The fourth-order valence-electron chi connectivity index (χ4n) is 3.11. The average Bonchev–Trinajstić information content (AvgIpc) is 2.68. The molecule has 0 aliphatic carbocycles. The van der Waals surface area contributed by atoms with Gasteiger partial charge in [-0.3, -0.25) is 0 Å². The van der Waals surface area contributed by atoms with Gasteiger partial charge in [0.05, 0.1) is 10.9 Å².